The van der Waals surface area contributed by atoms with Crippen molar-refractivity contribution in [3.8, 4) is 11.5 Å². The highest BCUT2D eigenvalue weighted by Gasteiger charge is 2.31. The van der Waals surface area contributed by atoms with Crippen LogP contribution >= 0.6 is 0 Å². The first-order chi connectivity index (χ1) is 15.0. The number of nitrogens with one attached hydrogen (secondary N) is 1. The molecule has 1 aliphatic rings. The van der Waals surface area contributed by atoms with E-state index in [1.807, 2.05) is 0 Å². The Balaban J connectivity index is 1.39. The summed E-state index contributed by atoms with van der Waals surface area (Å²) in [5.74, 6) is 0.885. The Morgan fingerprint density at radius 1 is 1.13 bits per heavy atom. The number of fused-ring (bicyclic) bond motifs is 2. The van der Waals surface area contributed by atoms with Gasteiger partial charge in [0.2, 0.25) is 0 Å². The summed E-state index contributed by atoms with van der Waals surface area (Å²) in [6.07, 6.45) is 1.71. The fourth-order valence-electron chi connectivity index (χ4n) is 3.87. The number of alkyl halides is 3. The monoisotopic (exact) mass is 430 g/mol. The molecule has 160 valence electrons. The summed E-state index contributed by atoms with van der Waals surface area (Å²) in [5.41, 5.74) is 1.87. The van der Waals surface area contributed by atoms with Gasteiger partial charge in [-0.25, -0.2) is 15.0 Å². The van der Waals surface area contributed by atoms with Gasteiger partial charge in [0.05, 0.1) is 17.9 Å². The molecular formula is C20H17F3N6O2. The number of anilines is 1. The van der Waals surface area contributed by atoms with E-state index in [2.05, 4.69) is 34.6 Å². The molecular weight excluding hydrogens is 413 g/mol. The van der Waals surface area contributed by atoms with Gasteiger partial charge in [0.25, 0.3) is 0 Å². The molecule has 0 spiro atoms. The molecule has 1 N–H and O–H groups in total. The molecule has 1 saturated heterocycles. The number of imidazole rings is 1. The van der Waals surface area contributed by atoms with Crippen LogP contribution in [0.3, 0.4) is 0 Å². The van der Waals surface area contributed by atoms with E-state index in [0.717, 1.165) is 30.7 Å². The number of halogens is 3. The van der Waals surface area contributed by atoms with Gasteiger partial charge < -0.3 is 19.4 Å². The molecule has 1 atom stereocenters. The minimum Gasteiger partial charge on any atom is -0.491 e. The third-order valence-corrected chi connectivity index (χ3v) is 5.19. The van der Waals surface area contributed by atoms with Crippen LogP contribution in [-0.2, 0) is 0 Å². The van der Waals surface area contributed by atoms with Crippen molar-refractivity contribution in [3.05, 3.63) is 43.1 Å². The van der Waals surface area contributed by atoms with Gasteiger partial charge in [-0.05, 0) is 37.1 Å². The highest BCUT2D eigenvalue weighted by atomic mass is 19.4. The van der Waals surface area contributed by atoms with Crippen LogP contribution < -0.4 is 14.4 Å². The van der Waals surface area contributed by atoms with E-state index in [-0.39, 0.29) is 11.8 Å². The van der Waals surface area contributed by atoms with Crippen LogP contribution in [0.25, 0.3) is 22.1 Å². The number of rotatable bonds is 5. The lowest BCUT2D eigenvalue weighted by Crippen LogP contribution is -2.35. The number of hydrogen-bond donors (Lipinski definition) is 1. The zero-order chi connectivity index (χ0) is 21.4. The Kier molecular flexibility index (Phi) is 4.72. The predicted molar refractivity (Wildman–Crippen MR) is 106 cm³/mol. The number of benzene rings is 1. The van der Waals surface area contributed by atoms with Gasteiger partial charge in [-0.3, -0.25) is 4.98 Å². The van der Waals surface area contributed by atoms with E-state index in [9.17, 15) is 13.2 Å². The van der Waals surface area contributed by atoms with Crippen molar-refractivity contribution in [2.75, 3.05) is 18.1 Å². The second kappa shape index (κ2) is 7.56. The lowest BCUT2D eigenvalue weighted by Gasteiger charge is -2.26. The molecule has 0 saturated carbocycles. The summed E-state index contributed by atoms with van der Waals surface area (Å²) in [6.45, 7) is 1.14. The van der Waals surface area contributed by atoms with Crippen molar-refractivity contribution in [1.29, 1.82) is 0 Å². The molecule has 11 heteroatoms. The summed E-state index contributed by atoms with van der Waals surface area (Å²) >= 11 is 0. The van der Waals surface area contributed by atoms with E-state index in [0.29, 0.717) is 28.9 Å². The van der Waals surface area contributed by atoms with Crippen LogP contribution in [0.1, 0.15) is 12.8 Å². The third-order valence-electron chi connectivity index (χ3n) is 5.19. The average Bonchev–Trinajstić information content (AvgIpc) is 3.40. The average molecular weight is 430 g/mol. The Hall–Kier alpha value is -3.63. The van der Waals surface area contributed by atoms with Crippen LogP contribution in [0.4, 0.5) is 19.0 Å². The Morgan fingerprint density at radius 3 is 2.90 bits per heavy atom. The van der Waals surface area contributed by atoms with Crippen molar-refractivity contribution in [3.63, 3.8) is 0 Å². The van der Waals surface area contributed by atoms with Crippen LogP contribution in [0.5, 0.6) is 11.5 Å². The molecule has 5 rings (SSSR count). The van der Waals surface area contributed by atoms with Crippen molar-refractivity contribution in [1.82, 2.24) is 24.9 Å². The zero-order valence-corrected chi connectivity index (χ0v) is 16.1. The summed E-state index contributed by atoms with van der Waals surface area (Å²) in [4.78, 5) is 22.2. The molecule has 8 nitrogen and oxygen atoms in total. The van der Waals surface area contributed by atoms with Gasteiger partial charge in [0, 0.05) is 18.1 Å². The van der Waals surface area contributed by atoms with E-state index in [1.54, 1.807) is 18.6 Å². The molecule has 0 amide bonds. The Morgan fingerprint density at radius 2 is 2.03 bits per heavy atom. The van der Waals surface area contributed by atoms with Gasteiger partial charge in [0.1, 0.15) is 29.9 Å². The molecule has 1 aromatic carbocycles. The van der Waals surface area contributed by atoms with E-state index < -0.39 is 6.36 Å². The van der Waals surface area contributed by atoms with Crippen LogP contribution in [0.15, 0.2) is 43.1 Å². The molecule has 3 aromatic heterocycles. The van der Waals surface area contributed by atoms with Crippen LogP contribution in [0.2, 0.25) is 0 Å². The van der Waals surface area contributed by atoms with E-state index in [4.69, 9.17) is 4.74 Å². The summed E-state index contributed by atoms with van der Waals surface area (Å²) in [5, 5.41) is 0.451. The SMILES string of the molecule is FC(F)(F)Oc1ccc2nccc(OCC3CCCN3c3ncnc4nc[nH]c34)c2c1. The molecule has 0 bridgehead atoms. The number of H-pyrrole nitrogens is 1. The smallest absolute Gasteiger partial charge is 0.491 e. The fraction of sp³-hybridized carbons (Fsp3) is 0.300. The molecule has 1 aliphatic heterocycles. The fourth-order valence-corrected chi connectivity index (χ4v) is 3.87. The molecule has 0 radical (unpaired) electrons. The lowest BCUT2D eigenvalue weighted by molar-refractivity contribution is -0.274. The number of nitrogens with zero attached hydrogens (tertiary/aromatic N) is 5. The molecule has 0 aliphatic carbocycles. The highest BCUT2D eigenvalue weighted by Crippen LogP contribution is 2.32. The summed E-state index contributed by atoms with van der Waals surface area (Å²) in [7, 11) is 0. The van der Waals surface area contributed by atoms with Gasteiger partial charge >= 0.3 is 6.36 Å². The molecule has 4 heterocycles. The van der Waals surface area contributed by atoms with Crippen LogP contribution in [-0.4, -0.2) is 50.5 Å². The second-order valence-corrected chi connectivity index (χ2v) is 7.13. The van der Waals surface area contributed by atoms with Crippen LogP contribution in [0, 0.1) is 0 Å². The quantitative estimate of drug-likeness (QED) is 0.515. The maximum absolute atomic E-state index is 12.6. The number of pyridine rings is 1. The second-order valence-electron chi connectivity index (χ2n) is 7.13. The standard InChI is InChI=1S/C20H17F3N6O2/c21-20(22,23)31-13-3-4-15-14(8-13)16(5-6-24-15)30-9-12-2-1-7-29(12)19-17-18(26-10-25-17)27-11-28-19/h3-6,8,10-12H,1-2,7,9H2,(H,25,26,27,28). The summed E-state index contributed by atoms with van der Waals surface area (Å²) < 4.78 is 47.9. The lowest BCUT2D eigenvalue weighted by atomic mass is 10.2. The van der Waals surface area contributed by atoms with Crippen molar-refractivity contribution < 1.29 is 22.6 Å². The minimum atomic E-state index is -4.77. The maximum atomic E-state index is 12.6. The van der Waals surface area contributed by atoms with Gasteiger partial charge in [-0.1, -0.05) is 0 Å². The molecule has 1 fully saturated rings. The number of aromatic amines is 1. The largest absolute Gasteiger partial charge is 0.573 e. The van der Waals surface area contributed by atoms with E-state index >= 15 is 0 Å². The normalized spacial score (nSPS) is 16.9. The van der Waals surface area contributed by atoms with Gasteiger partial charge in [0.15, 0.2) is 11.5 Å². The Labute approximate surface area is 174 Å². The molecule has 4 aromatic rings. The molecule has 31 heavy (non-hydrogen) atoms. The van der Waals surface area contributed by atoms with Gasteiger partial charge in [-0.2, -0.15) is 0 Å². The van der Waals surface area contributed by atoms with Gasteiger partial charge in [-0.15, -0.1) is 13.2 Å². The van der Waals surface area contributed by atoms with Crippen molar-refractivity contribution in [2.24, 2.45) is 0 Å². The number of ether oxygens (including phenoxy) is 2. The first kappa shape index (κ1) is 19.3. The first-order valence-corrected chi connectivity index (χ1v) is 9.66. The summed E-state index contributed by atoms with van der Waals surface area (Å²) in [6, 6.07) is 5.67. The minimum absolute atomic E-state index is 0.0409. The third kappa shape index (κ3) is 3.90. The number of hydrogen-bond acceptors (Lipinski definition) is 7. The van der Waals surface area contributed by atoms with Crippen molar-refractivity contribution >= 4 is 27.9 Å². The predicted octanol–water partition coefficient (Wildman–Crippen LogP) is 3.85. The number of aromatic nitrogens is 5. The zero-order valence-electron chi connectivity index (χ0n) is 16.1. The first-order valence-electron chi connectivity index (χ1n) is 9.66. The molecule has 1 unspecified atom stereocenters. The Bertz CT molecular complexity index is 1230. The maximum Gasteiger partial charge on any atom is 0.573 e. The van der Waals surface area contributed by atoms with E-state index in [1.165, 1.54) is 24.5 Å². The highest BCUT2D eigenvalue weighted by molar-refractivity contribution is 5.86. The van der Waals surface area contributed by atoms with Crippen molar-refractivity contribution in [2.45, 2.75) is 25.2 Å². The topological polar surface area (TPSA) is 89.1 Å².